The van der Waals surface area contributed by atoms with E-state index in [-0.39, 0.29) is 17.3 Å². The first kappa shape index (κ1) is 39.8. The van der Waals surface area contributed by atoms with Crippen molar-refractivity contribution in [2.24, 2.45) is 0 Å². The first-order valence-corrected chi connectivity index (χ1v) is 18.8. The molecule has 56 heavy (non-hydrogen) atoms. The van der Waals surface area contributed by atoms with Crippen LogP contribution in [0.3, 0.4) is 0 Å². The van der Waals surface area contributed by atoms with Gasteiger partial charge in [-0.2, -0.15) is 13.2 Å². The van der Waals surface area contributed by atoms with Gasteiger partial charge in [0.25, 0.3) is 27.6 Å². The van der Waals surface area contributed by atoms with E-state index in [0.717, 1.165) is 12.1 Å². The molecule has 0 aliphatic carbocycles. The molecule has 0 bridgehead atoms. The first-order valence-electron chi connectivity index (χ1n) is 16.6. The van der Waals surface area contributed by atoms with Gasteiger partial charge in [-0.15, -0.1) is 0 Å². The lowest BCUT2D eigenvalue weighted by Gasteiger charge is -2.39. The second kappa shape index (κ2) is 15.4. The van der Waals surface area contributed by atoms with Gasteiger partial charge in [-0.25, -0.2) is 28.1 Å². The summed E-state index contributed by atoms with van der Waals surface area (Å²) in [5.74, 6) is -3.41. The van der Waals surface area contributed by atoms with Gasteiger partial charge in [-0.05, 0) is 108 Å². The first-order chi connectivity index (χ1) is 26.4. The van der Waals surface area contributed by atoms with Gasteiger partial charge in [-0.3, -0.25) is 14.4 Å². The van der Waals surface area contributed by atoms with E-state index >= 15 is 0 Å². The fraction of sp³-hybridized carbons (Fsp3) is 0.158. The predicted octanol–water partition coefficient (Wildman–Crippen LogP) is 7.98. The average molecular weight is 826 g/mol. The number of sulfone groups is 1. The summed E-state index contributed by atoms with van der Waals surface area (Å²) in [5, 5.41) is 9.08. The van der Waals surface area contributed by atoms with Crippen LogP contribution in [0.2, 0.25) is 10.0 Å². The van der Waals surface area contributed by atoms with E-state index in [1.54, 1.807) is 50.2 Å². The number of rotatable bonds is 10. The van der Waals surface area contributed by atoms with Crippen molar-refractivity contribution in [2.45, 2.75) is 41.6 Å². The third-order valence-electron chi connectivity index (χ3n) is 9.41. The largest absolute Gasteiger partial charge is 0.501 e. The van der Waals surface area contributed by atoms with E-state index in [1.807, 2.05) is 0 Å². The summed E-state index contributed by atoms with van der Waals surface area (Å²) in [6, 6.07) is 20.7. The Morgan fingerprint density at radius 3 is 1.57 bits per heavy atom. The monoisotopic (exact) mass is 824 g/mol. The van der Waals surface area contributed by atoms with Gasteiger partial charge in [0.1, 0.15) is 17.2 Å². The number of alkyl halides is 3. The lowest BCUT2D eigenvalue weighted by Crippen LogP contribution is -2.55. The minimum atomic E-state index is -5.72. The highest BCUT2D eigenvalue weighted by Crippen LogP contribution is 2.45. The zero-order chi connectivity index (χ0) is 40.6. The molecular formula is C38H29Cl2F3N6O6S. The van der Waals surface area contributed by atoms with Crippen LogP contribution >= 0.6 is 23.2 Å². The second-order valence-electron chi connectivity index (χ2n) is 12.7. The minimum Gasteiger partial charge on any atom is -0.322 e. The van der Waals surface area contributed by atoms with E-state index in [0.29, 0.717) is 49.3 Å². The molecule has 288 valence electrons. The number of carbonyl (C=O) groups excluding carboxylic acids is 4. The molecule has 0 saturated carbocycles. The maximum Gasteiger partial charge on any atom is 0.501 e. The van der Waals surface area contributed by atoms with Crippen molar-refractivity contribution in [3.8, 4) is 0 Å². The number of hydrogen-bond acceptors (Lipinski definition) is 8. The van der Waals surface area contributed by atoms with Gasteiger partial charge in [0.2, 0.25) is 0 Å². The molecule has 0 radical (unpaired) electrons. The number of nitrogens with one attached hydrogen (secondary N) is 3. The summed E-state index contributed by atoms with van der Waals surface area (Å²) in [6.45, 7) is 3.31. The van der Waals surface area contributed by atoms with Crippen molar-refractivity contribution in [2.75, 3.05) is 15.5 Å². The molecular weight excluding hydrogens is 796 g/mol. The summed E-state index contributed by atoms with van der Waals surface area (Å²) < 4.78 is 63.8. The maximum absolute atomic E-state index is 14.8. The van der Waals surface area contributed by atoms with Crippen molar-refractivity contribution in [3.05, 3.63) is 142 Å². The quantitative estimate of drug-likeness (QED) is 0.119. The third kappa shape index (κ3) is 7.67. The standard InChI is InChI=1S/C38H29Cl2F3N6O6S/c1-21(25-15-17-44-31(19-25)46-33(50)23-3-7-27(39)8-4-23)37(22(2)26-16-18-45-32(20-26)47-34(51)24-5-9-28(40)10-6-24)35(52)49(36(53)48-37)29-11-13-30(14-12-29)56(54,55)38(41,42)43/h3-22H,1-2H3,(H,48,53)(H,44,46,50)(H,45,47,51). The molecule has 1 aliphatic rings. The Kier molecular flexibility index (Phi) is 10.9. The van der Waals surface area contributed by atoms with E-state index in [9.17, 15) is 40.8 Å². The number of amides is 5. The minimum absolute atomic E-state index is 0.114. The molecule has 5 amide bonds. The molecule has 2 aromatic heterocycles. The molecule has 2 unspecified atom stereocenters. The summed E-state index contributed by atoms with van der Waals surface area (Å²) in [6.07, 6.45) is 2.80. The lowest BCUT2D eigenvalue weighted by molar-refractivity contribution is -0.123. The van der Waals surface area contributed by atoms with Crippen molar-refractivity contribution in [1.82, 2.24) is 15.3 Å². The van der Waals surface area contributed by atoms with Crippen molar-refractivity contribution in [1.29, 1.82) is 0 Å². The third-order valence-corrected chi connectivity index (χ3v) is 11.4. The Balaban J connectivity index is 1.38. The van der Waals surface area contributed by atoms with Crippen LogP contribution in [-0.2, 0) is 14.6 Å². The second-order valence-corrected chi connectivity index (χ2v) is 15.5. The number of nitrogens with zero attached hydrogens (tertiary/aromatic N) is 3. The smallest absolute Gasteiger partial charge is 0.322 e. The maximum atomic E-state index is 14.8. The van der Waals surface area contributed by atoms with Gasteiger partial charge >= 0.3 is 11.5 Å². The van der Waals surface area contributed by atoms with E-state index in [2.05, 4.69) is 25.9 Å². The Bertz CT molecular complexity index is 2340. The number of urea groups is 1. The van der Waals surface area contributed by atoms with Crippen LogP contribution in [0.1, 0.15) is 57.5 Å². The SMILES string of the molecule is CC(c1ccnc(NC(=O)c2ccc(Cl)cc2)c1)C1(C(C)c2ccnc(NC(=O)c3ccc(Cl)cc3)c2)NC(=O)N(c2ccc(S(=O)(=O)C(F)(F)F)cc2)C1=O. The molecule has 1 fully saturated rings. The molecule has 5 aromatic rings. The molecule has 3 aromatic carbocycles. The molecule has 18 heteroatoms. The van der Waals surface area contributed by atoms with Crippen LogP contribution in [-0.4, -0.2) is 53.2 Å². The topological polar surface area (TPSA) is 168 Å². The zero-order valence-corrected chi connectivity index (χ0v) is 31.5. The molecule has 12 nitrogen and oxygen atoms in total. The van der Waals surface area contributed by atoms with E-state index < -0.39 is 61.4 Å². The van der Waals surface area contributed by atoms with E-state index in [4.69, 9.17) is 23.2 Å². The lowest BCUT2D eigenvalue weighted by atomic mass is 9.70. The number of hydrogen-bond donors (Lipinski definition) is 3. The Hall–Kier alpha value is -5.84. The predicted molar refractivity (Wildman–Crippen MR) is 203 cm³/mol. The Labute approximate surface area is 328 Å². The highest BCUT2D eigenvalue weighted by atomic mass is 35.5. The number of halogens is 5. The van der Waals surface area contributed by atoms with Crippen LogP contribution in [0.25, 0.3) is 0 Å². The van der Waals surface area contributed by atoms with Gasteiger partial charge < -0.3 is 16.0 Å². The normalized spacial score (nSPS) is 16.9. The molecule has 3 heterocycles. The fourth-order valence-corrected chi connectivity index (χ4v) is 7.36. The van der Waals surface area contributed by atoms with Crippen LogP contribution in [0.5, 0.6) is 0 Å². The Morgan fingerprint density at radius 1 is 0.732 bits per heavy atom. The van der Waals surface area contributed by atoms with Gasteiger partial charge in [0, 0.05) is 45.4 Å². The van der Waals surface area contributed by atoms with Gasteiger partial charge in [0.05, 0.1) is 10.6 Å². The molecule has 0 spiro atoms. The van der Waals surface area contributed by atoms with Gasteiger partial charge in [-0.1, -0.05) is 37.0 Å². The highest BCUT2D eigenvalue weighted by Gasteiger charge is 2.59. The number of imide groups is 1. The summed E-state index contributed by atoms with van der Waals surface area (Å²) in [7, 11) is -5.72. The Morgan fingerprint density at radius 2 is 1.16 bits per heavy atom. The highest BCUT2D eigenvalue weighted by molar-refractivity contribution is 7.92. The number of aromatic nitrogens is 2. The number of carbonyl (C=O) groups is 4. The number of pyridine rings is 2. The van der Waals surface area contributed by atoms with Crippen LogP contribution in [0.4, 0.5) is 35.3 Å². The molecule has 1 saturated heterocycles. The van der Waals surface area contributed by atoms with E-state index in [1.165, 1.54) is 48.8 Å². The molecule has 3 N–H and O–H groups in total. The summed E-state index contributed by atoms with van der Waals surface area (Å²) in [4.78, 5) is 62.8. The number of benzene rings is 3. The van der Waals surface area contributed by atoms with Crippen LogP contribution in [0.15, 0.2) is 114 Å². The van der Waals surface area contributed by atoms with Gasteiger partial charge in [0.15, 0.2) is 0 Å². The average Bonchev–Trinajstić information content (AvgIpc) is 3.44. The van der Waals surface area contributed by atoms with Crippen molar-refractivity contribution < 1.29 is 40.8 Å². The molecule has 2 atom stereocenters. The fourth-order valence-electron chi connectivity index (χ4n) is 6.34. The molecule has 6 rings (SSSR count). The van der Waals surface area contributed by atoms with Crippen LogP contribution in [0, 0.1) is 0 Å². The van der Waals surface area contributed by atoms with Crippen molar-refractivity contribution in [3.63, 3.8) is 0 Å². The molecule has 1 aliphatic heterocycles. The zero-order valence-electron chi connectivity index (χ0n) is 29.1. The summed E-state index contributed by atoms with van der Waals surface area (Å²) >= 11 is 11.9. The van der Waals surface area contributed by atoms with Crippen LogP contribution < -0.4 is 20.9 Å². The van der Waals surface area contributed by atoms with Crippen molar-refractivity contribution >= 4 is 74.1 Å². The number of anilines is 3. The summed E-state index contributed by atoms with van der Waals surface area (Å²) in [5.41, 5.74) is -6.17.